The Labute approximate surface area is 191 Å². The third kappa shape index (κ3) is 6.76. The molecular formula is C25H23N3O5. The molecule has 2 amide bonds. The highest BCUT2D eigenvalue weighted by Crippen LogP contribution is 2.16. The van der Waals surface area contributed by atoms with Crippen LogP contribution in [-0.4, -0.2) is 37.7 Å². The van der Waals surface area contributed by atoms with Gasteiger partial charge in [-0.3, -0.25) is 9.59 Å². The first-order chi connectivity index (χ1) is 16.0. The van der Waals surface area contributed by atoms with Crippen molar-refractivity contribution < 1.29 is 23.9 Å². The number of benzene rings is 3. The first-order valence-corrected chi connectivity index (χ1v) is 10.1. The highest BCUT2D eigenvalue weighted by molar-refractivity contribution is 5.97. The van der Waals surface area contributed by atoms with Crippen LogP contribution in [-0.2, 0) is 4.79 Å². The number of nitrogens with zero attached hydrogens (tertiary/aromatic N) is 1. The molecule has 0 atom stereocenters. The van der Waals surface area contributed by atoms with Crippen molar-refractivity contribution >= 4 is 24.0 Å². The van der Waals surface area contributed by atoms with Crippen molar-refractivity contribution in [3.05, 3.63) is 95.1 Å². The van der Waals surface area contributed by atoms with Crippen molar-refractivity contribution in [2.24, 2.45) is 5.10 Å². The Kier molecular flexibility index (Phi) is 7.91. The van der Waals surface area contributed by atoms with Crippen molar-refractivity contribution in [1.82, 2.24) is 10.7 Å². The molecule has 8 heteroatoms. The van der Waals surface area contributed by atoms with Crippen LogP contribution >= 0.6 is 0 Å². The average molecular weight is 445 g/mol. The number of hydrogen-bond acceptors (Lipinski definition) is 6. The molecule has 0 aliphatic rings. The molecule has 0 spiro atoms. The van der Waals surface area contributed by atoms with Crippen LogP contribution < -0.4 is 20.2 Å². The predicted molar refractivity (Wildman–Crippen MR) is 124 cm³/mol. The van der Waals surface area contributed by atoms with Crippen LogP contribution in [0.15, 0.2) is 77.9 Å². The Morgan fingerprint density at radius 2 is 1.70 bits per heavy atom. The third-order valence-corrected chi connectivity index (χ3v) is 4.60. The number of methoxy groups -OCH3 is 1. The fourth-order valence-corrected chi connectivity index (χ4v) is 2.85. The van der Waals surface area contributed by atoms with Crippen LogP contribution in [0.1, 0.15) is 31.8 Å². The number of hydrazone groups is 1. The lowest BCUT2D eigenvalue weighted by Gasteiger charge is -2.07. The zero-order chi connectivity index (χ0) is 23.6. The fraction of sp³-hybridized carbons (Fsp3) is 0.120. The first-order valence-electron chi connectivity index (χ1n) is 10.1. The first kappa shape index (κ1) is 23.2. The van der Waals surface area contributed by atoms with Gasteiger partial charge in [-0.25, -0.2) is 10.2 Å². The van der Waals surface area contributed by atoms with E-state index in [1.165, 1.54) is 6.21 Å². The topological polar surface area (TPSA) is 106 Å². The van der Waals surface area contributed by atoms with Crippen molar-refractivity contribution in [3.8, 4) is 11.5 Å². The van der Waals surface area contributed by atoms with E-state index in [2.05, 4.69) is 15.8 Å². The quantitative estimate of drug-likeness (QED) is 0.240. The second-order valence-electron chi connectivity index (χ2n) is 6.98. The van der Waals surface area contributed by atoms with Gasteiger partial charge in [0, 0.05) is 5.56 Å². The molecule has 0 fully saturated rings. The predicted octanol–water partition coefficient (Wildman–Crippen LogP) is 3.10. The van der Waals surface area contributed by atoms with Crippen LogP contribution in [0.4, 0.5) is 0 Å². The SMILES string of the molecule is COc1ccc(C(=O)Oc2cccc(/C=N\NC(=O)CNC(=O)c3ccccc3C)c2)cc1. The lowest BCUT2D eigenvalue weighted by molar-refractivity contribution is -0.120. The van der Waals surface area contributed by atoms with Gasteiger partial charge < -0.3 is 14.8 Å². The molecule has 0 aliphatic heterocycles. The van der Waals surface area contributed by atoms with Crippen LogP contribution in [0.25, 0.3) is 0 Å². The maximum atomic E-state index is 12.3. The van der Waals surface area contributed by atoms with Crippen LogP contribution in [0.5, 0.6) is 11.5 Å². The summed E-state index contributed by atoms with van der Waals surface area (Å²) in [6.07, 6.45) is 1.41. The monoisotopic (exact) mass is 445 g/mol. The van der Waals surface area contributed by atoms with Crippen LogP contribution in [0.3, 0.4) is 0 Å². The van der Waals surface area contributed by atoms with E-state index in [0.717, 1.165) is 5.56 Å². The highest BCUT2D eigenvalue weighted by Gasteiger charge is 2.10. The zero-order valence-corrected chi connectivity index (χ0v) is 18.2. The molecular weight excluding hydrogens is 422 g/mol. The van der Waals surface area contributed by atoms with E-state index in [-0.39, 0.29) is 12.5 Å². The number of esters is 1. The average Bonchev–Trinajstić information content (AvgIpc) is 2.83. The largest absolute Gasteiger partial charge is 0.497 e. The molecule has 3 aromatic carbocycles. The van der Waals surface area contributed by atoms with Gasteiger partial charge in [0.25, 0.3) is 11.8 Å². The maximum Gasteiger partial charge on any atom is 0.343 e. The van der Waals surface area contributed by atoms with E-state index in [4.69, 9.17) is 9.47 Å². The number of rotatable bonds is 8. The van der Waals surface area contributed by atoms with Crippen molar-refractivity contribution in [2.45, 2.75) is 6.92 Å². The molecule has 0 bridgehead atoms. The summed E-state index contributed by atoms with van der Waals surface area (Å²) >= 11 is 0. The summed E-state index contributed by atoms with van der Waals surface area (Å²) in [6, 6.07) is 20.4. The third-order valence-electron chi connectivity index (χ3n) is 4.60. The van der Waals surface area contributed by atoms with Crippen molar-refractivity contribution in [1.29, 1.82) is 0 Å². The van der Waals surface area contributed by atoms with Crippen LogP contribution in [0.2, 0.25) is 0 Å². The normalized spacial score (nSPS) is 10.5. The van der Waals surface area contributed by atoms with Gasteiger partial charge in [-0.15, -0.1) is 0 Å². The zero-order valence-electron chi connectivity index (χ0n) is 18.2. The maximum absolute atomic E-state index is 12.3. The van der Waals surface area contributed by atoms with Gasteiger partial charge in [0.15, 0.2) is 0 Å². The molecule has 0 aromatic heterocycles. The lowest BCUT2D eigenvalue weighted by Crippen LogP contribution is -2.35. The minimum absolute atomic E-state index is 0.218. The van der Waals surface area contributed by atoms with Gasteiger partial charge in [0.05, 0.1) is 25.4 Å². The summed E-state index contributed by atoms with van der Waals surface area (Å²) in [5.74, 6) is -0.351. The van der Waals surface area contributed by atoms with Gasteiger partial charge >= 0.3 is 5.97 Å². The van der Waals surface area contributed by atoms with E-state index < -0.39 is 11.9 Å². The Bertz CT molecular complexity index is 1170. The number of amides is 2. The van der Waals surface area contributed by atoms with E-state index in [9.17, 15) is 14.4 Å². The molecule has 3 aromatic rings. The minimum Gasteiger partial charge on any atom is -0.497 e. The Balaban J connectivity index is 1.50. The molecule has 168 valence electrons. The molecule has 0 saturated carbocycles. The highest BCUT2D eigenvalue weighted by atomic mass is 16.5. The molecule has 2 N–H and O–H groups in total. The van der Waals surface area contributed by atoms with Gasteiger partial charge in [0.2, 0.25) is 0 Å². The number of nitrogens with one attached hydrogen (secondary N) is 2. The number of carbonyl (C=O) groups excluding carboxylic acids is 3. The molecule has 0 heterocycles. The number of hydrogen-bond donors (Lipinski definition) is 2. The number of ether oxygens (including phenoxy) is 2. The molecule has 0 saturated heterocycles. The molecule has 0 unspecified atom stereocenters. The van der Waals surface area contributed by atoms with E-state index in [1.54, 1.807) is 67.8 Å². The summed E-state index contributed by atoms with van der Waals surface area (Å²) in [5.41, 5.74) is 4.67. The molecule has 3 rings (SSSR count). The second kappa shape index (κ2) is 11.2. The van der Waals surface area contributed by atoms with Gasteiger partial charge in [-0.05, 0) is 60.5 Å². The van der Waals surface area contributed by atoms with Crippen molar-refractivity contribution in [2.75, 3.05) is 13.7 Å². The summed E-state index contributed by atoms with van der Waals surface area (Å²) in [6.45, 7) is 1.60. The summed E-state index contributed by atoms with van der Waals surface area (Å²) in [5, 5.41) is 6.43. The molecule has 8 nitrogen and oxygen atoms in total. The summed E-state index contributed by atoms with van der Waals surface area (Å²) in [4.78, 5) is 36.4. The second-order valence-corrected chi connectivity index (χ2v) is 6.98. The summed E-state index contributed by atoms with van der Waals surface area (Å²) < 4.78 is 10.5. The smallest absolute Gasteiger partial charge is 0.343 e. The van der Waals surface area contributed by atoms with E-state index in [0.29, 0.717) is 28.2 Å². The Morgan fingerprint density at radius 1 is 0.939 bits per heavy atom. The Morgan fingerprint density at radius 3 is 2.42 bits per heavy atom. The number of carbonyl (C=O) groups is 3. The van der Waals surface area contributed by atoms with Crippen molar-refractivity contribution in [3.63, 3.8) is 0 Å². The minimum atomic E-state index is -0.510. The fourth-order valence-electron chi connectivity index (χ4n) is 2.85. The molecule has 0 radical (unpaired) electrons. The van der Waals surface area contributed by atoms with Gasteiger partial charge in [-0.2, -0.15) is 5.10 Å². The summed E-state index contributed by atoms with van der Waals surface area (Å²) in [7, 11) is 1.55. The molecule has 0 aliphatic carbocycles. The van der Waals surface area contributed by atoms with Gasteiger partial charge in [-0.1, -0.05) is 30.3 Å². The lowest BCUT2D eigenvalue weighted by atomic mass is 10.1. The molecule has 33 heavy (non-hydrogen) atoms. The van der Waals surface area contributed by atoms with Crippen LogP contribution in [0, 0.1) is 6.92 Å². The van der Waals surface area contributed by atoms with E-state index in [1.807, 2.05) is 19.1 Å². The van der Waals surface area contributed by atoms with Gasteiger partial charge in [0.1, 0.15) is 11.5 Å². The number of aryl methyl sites for hydroxylation is 1. The Hall–Kier alpha value is -4.46. The van der Waals surface area contributed by atoms with E-state index >= 15 is 0 Å². The standard InChI is InChI=1S/C25H23N3O5/c1-17-6-3-4-9-22(17)24(30)26-16-23(29)28-27-15-18-7-5-8-21(14-18)33-25(31)19-10-12-20(32-2)13-11-19/h3-15H,16H2,1-2H3,(H,26,30)(H,28,29)/b27-15-.